The van der Waals surface area contributed by atoms with Crippen molar-refractivity contribution >= 4 is 21.8 Å². The minimum atomic E-state index is -0.252. The van der Waals surface area contributed by atoms with E-state index in [0.717, 1.165) is 22.3 Å². The van der Waals surface area contributed by atoms with Crippen LogP contribution in [0.1, 0.15) is 5.56 Å². The van der Waals surface area contributed by atoms with Gasteiger partial charge in [-0.25, -0.2) is 0 Å². The maximum Gasteiger partial charge on any atom is 0.239 e. The number of hydrogen-bond donors (Lipinski definition) is 1. The molecule has 1 aliphatic rings. The van der Waals surface area contributed by atoms with Gasteiger partial charge in [0, 0.05) is 30.2 Å². The molecule has 0 aliphatic carbocycles. The molecule has 1 fully saturated rings. The normalized spacial score (nSPS) is 19.6. The summed E-state index contributed by atoms with van der Waals surface area (Å²) >= 11 is 3.47. The van der Waals surface area contributed by atoms with Crippen molar-refractivity contribution in [3.05, 3.63) is 28.2 Å². The van der Waals surface area contributed by atoms with Crippen LogP contribution >= 0.6 is 15.9 Å². The molecule has 0 aromatic heterocycles. The Hall–Kier alpha value is -1.11. The van der Waals surface area contributed by atoms with Gasteiger partial charge in [-0.1, -0.05) is 15.9 Å². The van der Waals surface area contributed by atoms with E-state index in [2.05, 4.69) is 26.1 Å². The highest BCUT2D eigenvalue weighted by molar-refractivity contribution is 9.10. The van der Waals surface area contributed by atoms with Gasteiger partial charge in [-0.15, -0.1) is 0 Å². The monoisotopic (exact) mass is 342 g/mol. The fraction of sp³-hybridized carbons (Fsp3) is 0.500. The van der Waals surface area contributed by atoms with Crippen molar-refractivity contribution in [3.63, 3.8) is 0 Å². The number of carbonyl (C=O) groups is 1. The minimum Gasteiger partial charge on any atom is -0.496 e. The zero-order valence-corrected chi connectivity index (χ0v) is 13.3. The lowest BCUT2D eigenvalue weighted by Crippen LogP contribution is -2.52. The van der Waals surface area contributed by atoms with Crippen molar-refractivity contribution in [3.8, 4) is 5.75 Å². The number of carbonyl (C=O) groups excluding carboxylic acids is 1. The Morgan fingerprint density at radius 3 is 3.10 bits per heavy atom. The molecule has 1 unspecified atom stereocenters. The molecule has 2 rings (SSSR count). The van der Waals surface area contributed by atoms with E-state index in [9.17, 15) is 4.79 Å². The molecule has 0 radical (unpaired) electrons. The van der Waals surface area contributed by atoms with Gasteiger partial charge >= 0.3 is 0 Å². The molecule has 5 nitrogen and oxygen atoms in total. The Balaban J connectivity index is 2.18. The number of ether oxygens (including phenoxy) is 2. The number of nitrogens with zero attached hydrogens (tertiary/aromatic N) is 1. The first kappa shape index (κ1) is 15.3. The molecule has 0 spiro atoms. The molecule has 1 aliphatic heterocycles. The maximum absolute atomic E-state index is 11.9. The molecule has 1 saturated heterocycles. The third kappa shape index (κ3) is 3.50. The lowest BCUT2D eigenvalue weighted by atomic mass is 10.1. The van der Waals surface area contributed by atoms with Gasteiger partial charge in [0.2, 0.25) is 5.91 Å². The third-order valence-corrected chi connectivity index (χ3v) is 3.90. The summed E-state index contributed by atoms with van der Waals surface area (Å²) in [6, 6.07) is 5.64. The summed E-state index contributed by atoms with van der Waals surface area (Å²) in [5.41, 5.74) is 1.05. The van der Waals surface area contributed by atoms with Gasteiger partial charge in [0.25, 0.3) is 0 Å². The molecule has 1 amide bonds. The highest BCUT2D eigenvalue weighted by atomic mass is 79.9. The number of benzene rings is 1. The van der Waals surface area contributed by atoms with Crippen LogP contribution in [0.5, 0.6) is 5.75 Å². The smallest absolute Gasteiger partial charge is 0.239 e. The molecule has 0 bridgehead atoms. The second kappa shape index (κ2) is 7.06. The molecular formula is C14H19BrN2O3. The van der Waals surface area contributed by atoms with Crippen LogP contribution in [0.25, 0.3) is 0 Å². The van der Waals surface area contributed by atoms with Crippen molar-refractivity contribution in [2.45, 2.75) is 12.6 Å². The van der Waals surface area contributed by atoms with Crippen LogP contribution in [0.15, 0.2) is 22.7 Å². The van der Waals surface area contributed by atoms with E-state index >= 15 is 0 Å². The Morgan fingerprint density at radius 2 is 2.40 bits per heavy atom. The van der Waals surface area contributed by atoms with Crippen molar-refractivity contribution in [2.24, 2.45) is 0 Å². The van der Waals surface area contributed by atoms with Crippen molar-refractivity contribution in [2.75, 3.05) is 33.9 Å². The molecule has 110 valence electrons. The zero-order valence-electron chi connectivity index (χ0n) is 11.7. The summed E-state index contributed by atoms with van der Waals surface area (Å²) in [4.78, 5) is 14.0. The van der Waals surface area contributed by atoms with Crippen LogP contribution in [0, 0.1) is 0 Å². The van der Waals surface area contributed by atoms with Crippen LogP contribution in [0.3, 0.4) is 0 Å². The van der Waals surface area contributed by atoms with Gasteiger partial charge in [-0.05, 0) is 18.2 Å². The quantitative estimate of drug-likeness (QED) is 0.898. The summed E-state index contributed by atoms with van der Waals surface area (Å²) < 4.78 is 11.8. The van der Waals surface area contributed by atoms with Crippen molar-refractivity contribution < 1.29 is 14.3 Å². The highest BCUT2D eigenvalue weighted by Crippen LogP contribution is 2.25. The number of halogens is 1. The van der Waals surface area contributed by atoms with E-state index in [1.54, 1.807) is 14.2 Å². The third-order valence-electron chi connectivity index (χ3n) is 3.40. The van der Waals surface area contributed by atoms with Crippen LogP contribution in [0.2, 0.25) is 0 Å². The average Bonchev–Trinajstić information content (AvgIpc) is 2.47. The Bertz CT molecular complexity index is 481. The fourth-order valence-corrected chi connectivity index (χ4v) is 2.73. The number of methoxy groups -OCH3 is 1. The summed E-state index contributed by atoms with van der Waals surface area (Å²) in [5.74, 6) is 0.814. The molecular weight excluding hydrogens is 324 g/mol. The van der Waals surface area contributed by atoms with Gasteiger partial charge in [0.1, 0.15) is 11.8 Å². The number of likely N-dealkylation sites (N-methyl/N-ethyl adjacent to an activating group) is 1. The van der Waals surface area contributed by atoms with Gasteiger partial charge in [0.15, 0.2) is 0 Å². The van der Waals surface area contributed by atoms with E-state index in [1.807, 2.05) is 18.2 Å². The molecule has 20 heavy (non-hydrogen) atoms. The number of amides is 1. The van der Waals surface area contributed by atoms with Crippen LogP contribution in [-0.4, -0.2) is 50.8 Å². The predicted octanol–water partition coefficient (Wildman–Crippen LogP) is 1.40. The number of hydrogen-bond acceptors (Lipinski definition) is 4. The number of rotatable bonds is 4. The largest absolute Gasteiger partial charge is 0.496 e. The van der Waals surface area contributed by atoms with Crippen molar-refractivity contribution in [1.82, 2.24) is 10.2 Å². The van der Waals surface area contributed by atoms with E-state index < -0.39 is 0 Å². The molecule has 1 N–H and O–H groups in total. The van der Waals surface area contributed by atoms with E-state index in [1.165, 1.54) is 0 Å². The molecule has 1 aromatic rings. The van der Waals surface area contributed by atoms with Gasteiger partial charge < -0.3 is 14.8 Å². The lowest BCUT2D eigenvalue weighted by molar-refractivity contribution is -0.132. The average molecular weight is 343 g/mol. The van der Waals surface area contributed by atoms with Crippen LogP contribution in [0.4, 0.5) is 0 Å². The first-order valence-electron chi connectivity index (χ1n) is 6.51. The number of morpholine rings is 1. The Morgan fingerprint density at radius 1 is 1.60 bits per heavy atom. The van der Waals surface area contributed by atoms with Gasteiger partial charge in [0.05, 0.1) is 20.3 Å². The SMILES string of the molecule is CNC(=O)C1COCCN1Cc1cc(Br)ccc1OC. The topological polar surface area (TPSA) is 50.8 Å². The van der Waals surface area contributed by atoms with Crippen molar-refractivity contribution in [1.29, 1.82) is 0 Å². The number of nitrogens with one attached hydrogen (secondary N) is 1. The van der Waals surface area contributed by atoms with E-state index in [-0.39, 0.29) is 11.9 Å². The highest BCUT2D eigenvalue weighted by Gasteiger charge is 2.29. The molecule has 1 aromatic carbocycles. The standard InChI is InChI=1S/C14H19BrN2O3/c1-16-14(18)12-9-20-6-5-17(12)8-10-7-11(15)3-4-13(10)19-2/h3-4,7,12H,5-6,8-9H2,1-2H3,(H,16,18). The minimum absolute atomic E-state index is 0.0151. The molecule has 1 atom stereocenters. The van der Waals surface area contributed by atoms with Gasteiger partial charge in [-0.2, -0.15) is 0 Å². The van der Waals surface area contributed by atoms with Crippen LogP contribution < -0.4 is 10.1 Å². The summed E-state index contributed by atoms with van der Waals surface area (Å²) in [7, 11) is 3.30. The molecule has 0 saturated carbocycles. The van der Waals surface area contributed by atoms with Gasteiger partial charge in [-0.3, -0.25) is 9.69 Å². The Labute approximate surface area is 127 Å². The predicted molar refractivity (Wildman–Crippen MR) is 79.8 cm³/mol. The molecule has 1 heterocycles. The first-order chi connectivity index (χ1) is 9.65. The molecule has 6 heteroatoms. The second-order valence-corrected chi connectivity index (χ2v) is 5.55. The summed E-state index contributed by atoms with van der Waals surface area (Å²) in [5, 5.41) is 2.69. The zero-order chi connectivity index (χ0) is 14.5. The lowest BCUT2D eigenvalue weighted by Gasteiger charge is -2.34. The first-order valence-corrected chi connectivity index (χ1v) is 7.30. The summed E-state index contributed by atoms with van der Waals surface area (Å²) in [6.07, 6.45) is 0. The second-order valence-electron chi connectivity index (χ2n) is 4.63. The maximum atomic E-state index is 11.9. The van der Waals surface area contributed by atoms with E-state index in [0.29, 0.717) is 19.8 Å². The Kier molecular flexibility index (Phi) is 5.39. The van der Waals surface area contributed by atoms with Crippen LogP contribution in [-0.2, 0) is 16.1 Å². The summed E-state index contributed by atoms with van der Waals surface area (Å²) in [6.45, 7) is 2.46. The fourth-order valence-electron chi connectivity index (χ4n) is 2.32. The van der Waals surface area contributed by atoms with E-state index in [4.69, 9.17) is 9.47 Å².